The Hall–Kier alpha value is -0.780. The van der Waals surface area contributed by atoms with Crippen LogP contribution in [-0.4, -0.2) is 0 Å². The molecule has 0 saturated heterocycles. The van der Waals surface area contributed by atoms with E-state index in [-0.39, 0.29) is 0 Å². The maximum Gasteiger partial charge on any atom is 0.0123 e. The number of allylic oxidation sites excluding steroid dienone is 5. The van der Waals surface area contributed by atoms with E-state index in [0.717, 1.165) is 5.92 Å². The van der Waals surface area contributed by atoms with Crippen LogP contribution >= 0.6 is 0 Å². The van der Waals surface area contributed by atoms with Gasteiger partial charge in [0, 0.05) is 5.41 Å². The smallest absolute Gasteiger partial charge is 0.0123 e. The quantitative estimate of drug-likeness (QED) is 0.543. The molecule has 2 atom stereocenters. The van der Waals surface area contributed by atoms with E-state index in [9.17, 15) is 0 Å². The second-order valence-electron chi connectivity index (χ2n) is 5.36. The van der Waals surface area contributed by atoms with Crippen molar-refractivity contribution in [3.8, 4) is 0 Å². The third kappa shape index (κ3) is 1.60. The summed E-state index contributed by atoms with van der Waals surface area (Å²) in [5, 5.41) is 0. The van der Waals surface area contributed by atoms with Crippen molar-refractivity contribution in [2.45, 2.75) is 46.5 Å². The Kier molecular flexibility index (Phi) is 2.62. The van der Waals surface area contributed by atoms with Crippen molar-refractivity contribution in [2.75, 3.05) is 0 Å². The van der Waals surface area contributed by atoms with Gasteiger partial charge in [-0.2, -0.15) is 0 Å². The summed E-state index contributed by atoms with van der Waals surface area (Å²) in [7, 11) is 0. The summed E-state index contributed by atoms with van der Waals surface area (Å²) >= 11 is 0. The van der Waals surface area contributed by atoms with E-state index in [1.165, 1.54) is 36.8 Å². The van der Waals surface area contributed by atoms with Gasteiger partial charge >= 0.3 is 0 Å². The molecule has 0 amide bonds. The second kappa shape index (κ2) is 3.66. The summed E-state index contributed by atoms with van der Waals surface area (Å²) in [6.45, 7) is 10.9. The van der Waals surface area contributed by atoms with Crippen LogP contribution in [0.15, 0.2) is 35.5 Å². The lowest BCUT2D eigenvalue weighted by molar-refractivity contribution is 0.265. The van der Waals surface area contributed by atoms with Crippen LogP contribution in [0.1, 0.15) is 46.5 Å². The monoisotopic (exact) mass is 202 g/mol. The summed E-state index contributed by atoms with van der Waals surface area (Å²) < 4.78 is 0. The molecular weight excluding hydrogens is 180 g/mol. The maximum atomic E-state index is 4.08. The van der Waals surface area contributed by atoms with E-state index in [4.69, 9.17) is 0 Å². The predicted molar refractivity (Wildman–Crippen MR) is 66.7 cm³/mol. The van der Waals surface area contributed by atoms with Crippen LogP contribution in [0, 0.1) is 11.3 Å². The first-order valence-corrected chi connectivity index (χ1v) is 6.11. The summed E-state index contributed by atoms with van der Waals surface area (Å²) in [5.41, 5.74) is 4.73. The number of hydrogen-bond acceptors (Lipinski definition) is 0. The molecule has 2 unspecified atom stereocenters. The molecule has 2 aliphatic carbocycles. The van der Waals surface area contributed by atoms with Gasteiger partial charge in [-0.15, -0.1) is 0 Å². The van der Waals surface area contributed by atoms with Gasteiger partial charge in [-0.25, -0.2) is 0 Å². The molecule has 0 aliphatic heterocycles. The zero-order chi connectivity index (χ0) is 11.1. The van der Waals surface area contributed by atoms with E-state index in [0.29, 0.717) is 5.41 Å². The Bertz CT molecular complexity index is 343. The molecule has 0 aromatic heterocycles. The van der Waals surface area contributed by atoms with Gasteiger partial charge in [-0.1, -0.05) is 36.8 Å². The molecule has 0 N–H and O–H groups in total. The van der Waals surface area contributed by atoms with E-state index in [2.05, 4.69) is 39.5 Å². The molecule has 0 bridgehead atoms. The molecule has 0 fully saturated rings. The normalized spacial score (nSPS) is 35.3. The zero-order valence-electron chi connectivity index (χ0n) is 10.3. The zero-order valence-corrected chi connectivity index (χ0v) is 10.3. The highest BCUT2D eigenvalue weighted by molar-refractivity contribution is 5.39. The van der Waals surface area contributed by atoms with Crippen LogP contribution in [-0.2, 0) is 0 Å². The van der Waals surface area contributed by atoms with Gasteiger partial charge in [-0.3, -0.25) is 0 Å². The lowest BCUT2D eigenvalue weighted by Crippen LogP contribution is -2.28. The molecule has 82 valence electrons. The van der Waals surface area contributed by atoms with Crippen molar-refractivity contribution in [3.63, 3.8) is 0 Å². The molecule has 0 aromatic rings. The van der Waals surface area contributed by atoms with Crippen LogP contribution < -0.4 is 0 Å². The van der Waals surface area contributed by atoms with E-state index in [1.54, 1.807) is 5.57 Å². The van der Waals surface area contributed by atoms with Gasteiger partial charge in [0.05, 0.1) is 0 Å². The van der Waals surface area contributed by atoms with Crippen molar-refractivity contribution in [2.24, 2.45) is 11.3 Å². The van der Waals surface area contributed by atoms with E-state index < -0.39 is 0 Å². The molecule has 0 heterocycles. The topological polar surface area (TPSA) is 0 Å². The second-order valence-corrected chi connectivity index (χ2v) is 5.36. The molecule has 0 aromatic carbocycles. The molecule has 2 aliphatic rings. The van der Waals surface area contributed by atoms with Crippen LogP contribution in [0.5, 0.6) is 0 Å². The molecule has 0 radical (unpaired) electrons. The molecule has 15 heavy (non-hydrogen) atoms. The lowest BCUT2D eigenvalue weighted by atomic mass is 9.66. The Morgan fingerprint density at radius 3 is 2.80 bits per heavy atom. The largest absolute Gasteiger partial charge is 0.0958 e. The maximum absolute atomic E-state index is 4.08. The van der Waals surface area contributed by atoms with Crippen molar-refractivity contribution in [3.05, 3.63) is 35.5 Å². The standard InChI is InChI=1S/C15H22/c1-11(2)14-8-9-15(10-14)12(3)6-5-7-13(15)4/h6,10,13H,1,5,7-9H2,2-4H3. The number of hydrogen-bond donors (Lipinski definition) is 0. The van der Waals surface area contributed by atoms with Crippen LogP contribution in [0.25, 0.3) is 0 Å². The van der Waals surface area contributed by atoms with E-state index >= 15 is 0 Å². The van der Waals surface area contributed by atoms with Crippen molar-refractivity contribution in [1.82, 2.24) is 0 Å². The first-order chi connectivity index (χ1) is 7.06. The Balaban J connectivity index is 2.38. The Morgan fingerprint density at radius 1 is 1.53 bits per heavy atom. The van der Waals surface area contributed by atoms with Gasteiger partial charge in [0.25, 0.3) is 0 Å². The fraction of sp³-hybridized carbons (Fsp3) is 0.600. The third-order valence-corrected chi connectivity index (χ3v) is 4.45. The van der Waals surface area contributed by atoms with E-state index in [1.807, 2.05) is 0 Å². The first kappa shape index (κ1) is 10.7. The minimum absolute atomic E-state index is 0.381. The van der Waals surface area contributed by atoms with Crippen molar-refractivity contribution < 1.29 is 0 Å². The van der Waals surface area contributed by atoms with Gasteiger partial charge in [0.2, 0.25) is 0 Å². The summed E-state index contributed by atoms with van der Waals surface area (Å²) in [6, 6.07) is 0. The Labute approximate surface area is 93.8 Å². The van der Waals surface area contributed by atoms with Crippen LogP contribution in [0.4, 0.5) is 0 Å². The molecule has 0 saturated carbocycles. The van der Waals surface area contributed by atoms with Gasteiger partial charge in [0.15, 0.2) is 0 Å². The highest BCUT2D eigenvalue weighted by atomic mass is 14.4. The lowest BCUT2D eigenvalue weighted by Gasteiger charge is -2.38. The average molecular weight is 202 g/mol. The summed E-state index contributed by atoms with van der Waals surface area (Å²) in [4.78, 5) is 0. The highest BCUT2D eigenvalue weighted by Crippen LogP contribution is 2.52. The predicted octanol–water partition coefficient (Wildman–Crippen LogP) is 4.65. The fourth-order valence-electron chi connectivity index (χ4n) is 3.22. The SMILES string of the molecule is C=C(C)C1=CC2(CC1)C(C)=CCCC2C. The molecule has 1 spiro atoms. The van der Waals surface area contributed by atoms with Crippen LogP contribution in [0.3, 0.4) is 0 Å². The van der Waals surface area contributed by atoms with Gasteiger partial charge < -0.3 is 0 Å². The first-order valence-electron chi connectivity index (χ1n) is 6.11. The fourth-order valence-corrected chi connectivity index (χ4v) is 3.22. The Morgan fingerprint density at radius 2 is 2.27 bits per heavy atom. The van der Waals surface area contributed by atoms with Gasteiger partial charge in [-0.05, 0) is 51.0 Å². The third-order valence-electron chi connectivity index (χ3n) is 4.45. The summed E-state index contributed by atoms with van der Waals surface area (Å²) in [6.07, 6.45) is 10.1. The van der Waals surface area contributed by atoms with Gasteiger partial charge in [0.1, 0.15) is 0 Å². The molecule has 0 nitrogen and oxygen atoms in total. The minimum atomic E-state index is 0.381. The van der Waals surface area contributed by atoms with Crippen molar-refractivity contribution in [1.29, 1.82) is 0 Å². The summed E-state index contributed by atoms with van der Waals surface area (Å²) in [5.74, 6) is 0.805. The highest BCUT2D eigenvalue weighted by Gasteiger charge is 2.40. The number of rotatable bonds is 1. The van der Waals surface area contributed by atoms with Crippen LogP contribution in [0.2, 0.25) is 0 Å². The average Bonchev–Trinajstić information content (AvgIpc) is 2.61. The molecule has 2 rings (SSSR count). The minimum Gasteiger partial charge on any atom is -0.0958 e. The molecule has 0 heteroatoms. The molecular formula is C15H22. The van der Waals surface area contributed by atoms with Crippen molar-refractivity contribution >= 4 is 0 Å².